The Kier molecular flexibility index (Phi) is 5.03. The molecule has 5 heteroatoms. The minimum Gasteiger partial charge on any atom is -0.354 e. The predicted molar refractivity (Wildman–Crippen MR) is 111 cm³/mol. The van der Waals surface area contributed by atoms with Gasteiger partial charge in [-0.3, -0.25) is 9.48 Å². The maximum atomic E-state index is 12.7. The van der Waals surface area contributed by atoms with E-state index in [-0.39, 0.29) is 11.9 Å². The van der Waals surface area contributed by atoms with E-state index in [0.29, 0.717) is 6.54 Å². The SMILES string of the molecule is C[C@H](C(=O)NCCc1cccs1)n1nc(-c2ccccc2)c2ccccc21. The van der Waals surface area contributed by atoms with Gasteiger partial charge in [-0.05, 0) is 30.9 Å². The highest BCUT2D eigenvalue weighted by Crippen LogP contribution is 2.29. The van der Waals surface area contributed by atoms with Crippen LogP contribution in [-0.2, 0) is 11.2 Å². The normalized spacial score (nSPS) is 12.2. The highest BCUT2D eigenvalue weighted by atomic mass is 32.1. The molecular formula is C22H21N3OS. The minimum absolute atomic E-state index is 0.0144. The summed E-state index contributed by atoms with van der Waals surface area (Å²) in [7, 11) is 0. The zero-order valence-electron chi connectivity index (χ0n) is 15.1. The second-order valence-corrected chi connectivity index (χ2v) is 7.50. The van der Waals surface area contributed by atoms with E-state index >= 15 is 0 Å². The second-order valence-electron chi connectivity index (χ2n) is 6.47. The predicted octanol–water partition coefficient (Wildman–Crippen LogP) is 4.68. The largest absolute Gasteiger partial charge is 0.354 e. The molecule has 0 aliphatic rings. The maximum absolute atomic E-state index is 12.7. The topological polar surface area (TPSA) is 46.9 Å². The van der Waals surface area contributed by atoms with Gasteiger partial charge in [0.25, 0.3) is 0 Å². The summed E-state index contributed by atoms with van der Waals surface area (Å²) in [6.07, 6.45) is 0.852. The van der Waals surface area contributed by atoms with Gasteiger partial charge < -0.3 is 5.32 Å². The fraction of sp³-hybridized carbons (Fsp3) is 0.182. The molecule has 0 spiro atoms. The molecule has 0 radical (unpaired) electrons. The van der Waals surface area contributed by atoms with Crippen LogP contribution in [0.25, 0.3) is 22.2 Å². The van der Waals surface area contributed by atoms with Crippen LogP contribution < -0.4 is 5.32 Å². The van der Waals surface area contributed by atoms with E-state index in [0.717, 1.165) is 28.6 Å². The number of benzene rings is 2. The molecular weight excluding hydrogens is 354 g/mol. The average molecular weight is 375 g/mol. The van der Waals surface area contributed by atoms with Crippen LogP contribution >= 0.6 is 11.3 Å². The fourth-order valence-corrected chi connectivity index (χ4v) is 3.93. The van der Waals surface area contributed by atoms with Gasteiger partial charge in [0.05, 0.1) is 5.52 Å². The van der Waals surface area contributed by atoms with Crippen molar-refractivity contribution in [3.63, 3.8) is 0 Å². The van der Waals surface area contributed by atoms with Crippen molar-refractivity contribution in [2.45, 2.75) is 19.4 Å². The summed E-state index contributed by atoms with van der Waals surface area (Å²) in [6, 6.07) is 21.9. The van der Waals surface area contributed by atoms with E-state index in [1.165, 1.54) is 4.88 Å². The van der Waals surface area contributed by atoms with E-state index < -0.39 is 0 Å². The number of hydrogen-bond acceptors (Lipinski definition) is 3. The number of amides is 1. The Hall–Kier alpha value is -2.92. The lowest BCUT2D eigenvalue weighted by molar-refractivity contribution is -0.123. The Bertz CT molecular complexity index is 1040. The van der Waals surface area contributed by atoms with Crippen molar-refractivity contribution in [2.24, 2.45) is 0 Å². The number of aromatic nitrogens is 2. The number of nitrogens with zero attached hydrogens (tertiary/aromatic N) is 2. The average Bonchev–Trinajstić information content (AvgIpc) is 3.36. The first-order chi connectivity index (χ1) is 13.2. The van der Waals surface area contributed by atoms with Gasteiger partial charge in [-0.1, -0.05) is 54.6 Å². The summed E-state index contributed by atoms with van der Waals surface area (Å²) < 4.78 is 1.83. The number of carbonyl (C=O) groups excluding carboxylic acids is 1. The summed E-state index contributed by atoms with van der Waals surface area (Å²) in [4.78, 5) is 14.0. The molecule has 4 rings (SSSR count). The third kappa shape index (κ3) is 3.64. The summed E-state index contributed by atoms with van der Waals surface area (Å²) in [6.45, 7) is 2.53. The summed E-state index contributed by atoms with van der Waals surface area (Å²) in [5, 5.41) is 10.9. The van der Waals surface area contributed by atoms with E-state index in [1.807, 2.05) is 66.2 Å². The third-order valence-corrected chi connectivity index (χ3v) is 5.59. The Morgan fingerprint density at radius 3 is 2.63 bits per heavy atom. The van der Waals surface area contributed by atoms with Crippen LogP contribution in [0.1, 0.15) is 17.8 Å². The molecule has 0 fully saturated rings. The number of hydrogen-bond donors (Lipinski definition) is 1. The number of nitrogens with one attached hydrogen (secondary N) is 1. The Balaban J connectivity index is 1.58. The zero-order valence-corrected chi connectivity index (χ0v) is 15.9. The van der Waals surface area contributed by atoms with Crippen LogP contribution in [0.2, 0.25) is 0 Å². The van der Waals surface area contributed by atoms with Crippen LogP contribution in [0, 0.1) is 0 Å². The molecule has 136 valence electrons. The van der Waals surface area contributed by atoms with E-state index in [9.17, 15) is 4.79 Å². The first kappa shape index (κ1) is 17.5. The molecule has 2 aromatic heterocycles. The fourth-order valence-electron chi connectivity index (χ4n) is 3.22. The van der Waals surface area contributed by atoms with Crippen LogP contribution in [0.3, 0.4) is 0 Å². The first-order valence-corrected chi connectivity index (χ1v) is 9.95. The van der Waals surface area contributed by atoms with Gasteiger partial charge in [0.1, 0.15) is 11.7 Å². The van der Waals surface area contributed by atoms with Crippen molar-refractivity contribution in [3.8, 4) is 11.3 Å². The quantitative estimate of drug-likeness (QED) is 0.532. The monoisotopic (exact) mass is 375 g/mol. The molecule has 27 heavy (non-hydrogen) atoms. The highest BCUT2D eigenvalue weighted by Gasteiger charge is 2.20. The smallest absolute Gasteiger partial charge is 0.244 e. The molecule has 0 unspecified atom stereocenters. The van der Waals surface area contributed by atoms with E-state index in [4.69, 9.17) is 5.10 Å². The number of rotatable bonds is 6. The summed E-state index contributed by atoms with van der Waals surface area (Å²) in [5.41, 5.74) is 2.93. The van der Waals surface area contributed by atoms with Crippen LogP contribution in [0.4, 0.5) is 0 Å². The maximum Gasteiger partial charge on any atom is 0.244 e. The molecule has 1 atom stereocenters. The highest BCUT2D eigenvalue weighted by molar-refractivity contribution is 7.09. The molecule has 2 heterocycles. The molecule has 1 N–H and O–H groups in total. The van der Waals surface area contributed by atoms with Crippen molar-refractivity contribution in [1.29, 1.82) is 0 Å². The minimum atomic E-state index is -0.379. The molecule has 0 saturated heterocycles. The Morgan fingerprint density at radius 1 is 1.07 bits per heavy atom. The lowest BCUT2D eigenvalue weighted by Crippen LogP contribution is -2.32. The van der Waals surface area contributed by atoms with Crippen molar-refractivity contribution < 1.29 is 4.79 Å². The van der Waals surface area contributed by atoms with Gasteiger partial charge in [0.15, 0.2) is 0 Å². The molecule has 2 aromatic carbocycles. The number of para-hydroxylation sites is 1. The van der Waals surface area contributed by atoms with Crippen LogP contribution in [-0.4, -0.2) is 22.2 Å². The number of carbonyl (C=O) groups is 1. The first-order valence-electron chi connectivity index (χ1n) is 9.07. The van der Waals surface area contributed by atoms with Gasteiger partial charge in [-0.15, -0.1) is 11.3 Å². The van der Waals surface area contributed by atoms with Gasteiger partial charge in [0, 0.05) is 22.4 Å². The van der Waals surface area contributed by atoms with Crippen molar-refractivity contribution in [1.82, 2.24) is 15.1 Å². The zero-order chi connectivity index (χ0) is 18.6. The molecule has 0 saturated carbocycles. The summed E-state index contributed by atoms with van der Waals surface area (Å²) in [5.74, 6) is -0.0144. The van der Waals surface area contributed by atoms with Gasteiger partial charge in [-0.25, -0.2) is 0 Å². The molecule has 4 aromatic rings. The van der Waals surface area contributed by atoms with E-state index in [1.54, 1.807) is 11.3 Å². The Morgan fingerprint density at radius 2 is 1.85 bits per heavy atom. The lowest BCUT2D eigenvalue weighted by Gasteiger charge is -2.13. The number of thiophene rings is 1. The molecule has 1 amide bonds. The van der Waals surface area contributed by atoms with Gasteiger partial charge in [0.2, 0.25) is 5.91 Å². The van der Waals surface area contributed by atoms with Crippen LogP contribution in [0.5, 0.6) is 0 Å². The standard InChI is InChI=1S/C22H21N3OS/c1-16(22(26)23-14-13-18-10-7-15-27-18)25-20-12-6-5-11-19(20)21(24-25)17-8-3-2-4-9-17/h2-12,15-16H,13-14H2,1H3,(H,23,26)/t16-/m1/s1. The molecule has 4 nitrogen and oxygen atoms in total. The summed E-state index contributed by atoms with van der Waals surface area (Å²) >= 11 is 1.71. The third-order valence-electron chi connectivity index (χ3n) is 4.66. The second kappa shape index (κ2) is 7.76. The number of fused-ring (bicyclic) bond motifs is 1. The molecule has 0 bridgehead atoms. The van der Waals surface area contributed by atoms with Crippen LogP contribution in [0.15, 0.2) is 72.1 Å². The molecule has 0 aliphatic heterocycles. The van der Waals surface area contributed by atoms with Crippen molar-refractivity contribution in [2.75, 3.05) is 6.54 Å². The molecule has 0 aliphatic carbocycles. The van der Waals surface area contributed by atoms with Gasteiger partial charge >= 0.3 is 0 Å². The lowest BCUT2D eigenvalue weighted by atomic mass is 10.1. The van der Waals surface area contributed by atoms with Crippen molar-refractivity contribution >= 4 is 28.1 Å². The van der Waals surface area contributed by atoms with Crippen molar-refractivity contribution in [3.05, 3.63) is 77.0 Å². The Labute approximate surface area is 162 Å². The van der Waals surface area contributed by atoms with Gasteiger partial charge in [-0.2, -0.15) is 5.10 Å². The van der Waals surface area contributed by atoms with E-state index in [2.05, 4.69) is 22.8 Å².